The maximum Gasteiger partial charge on any atom is 0.0348 e. The average Bonchev–Trinajstić information content (AvgIpc) is 2.36. The highest BCUT2D eigenvalue weighted by molar-refractivity contribution is 5.85. The molecule has 0 fully saturated rings. The second-order valence-corrected chi connectivity index (χ2v) is 5.58. The lowest BCUT2D eigenvalue weighted by molar-refractivity contribution is 0.528. The van der Waals surface area contributed by atoms with Crippen LogP contribution < -0.4 is 5.32 Å². The van der Waals surface area contributed by atoms with Crippen molar-refractivity contribution in [2.75, 3.05) is 5.32 Å². The lowest BCUT2D eigenvalue weighted by Gasteiger charge is -2.16. The highest BCUT2D eigenvalue weighted by Crippen LogP contribution is 2.20. The molecule has 2 rings (SSSR count). The van der Waals surface area contributed by atoms with Gasteiger partial charge in [0.25, 0.3) is 0 Å². The van der Waals surface area contributed by atoms with Gasteiger partial charge in [-0.1, -0.05) is 44.2 Å². The molecule has 0 aliphatic heterocycles. The predicted molar refractivity (Wildman–Crippen MR) is 81.1 cm³/mol. The van der Waals surface area contributed by atoms with Gasteiger partial charge in [0, 0.05) is 11.7 Å². The van der Waals surface area contributed by atoms with E-state index in [2.05, 4.69) is 68.6 Å². The molecule has 1 nitrogen and oxygen atoms in total. The van der Waals surface area contributed by atoms with E-state index < -0.39 is 0 Å². The molecule has 96 valence electrons. The lowest BCUT2D eigenvalue weighted by Crippen LogP contribution is -2.15. The molecule has 0 aliphatic rings. The topological polar surface area (TPSA) is 12.0 Å². The Hall–Kier alpha value is -1.50. The molecule has 1 N–H and O–H groups in total. The van der Waals surface area contributed by atoms with Gasteiger partial charge in [-0.3, -0.25) is 0 Å². The van der Waals surface area contributed by atoms with Crippen LogP contribution >= 0.6 is 0 Å². The van der Waals surface area contributed by atoms with E-state index in [-0.39, 0.29) is 0 Å². The van der Waals surface area contributed by atoms with Crippen LogP contribution in [0.2, 0.25) is 0 Å². The van der Waals surface area contributed by atoms with Gasteiger partial charge in [-0.2, -0.15) is 0 Å². The Morgan fingerprint density at radius 1 is 0.889 bits per heavy atom. The molecule has 0 amide bonds. The fraction of sp³-hybridized carbons (Fsp3) is 0.412. The zero-order valence-corrected chi connectivity index (χ0v) is 11.6. The molecule has 1 unspecified atom stereocenters. The SMILES string of the molecule is CC(C)CCC(C)Nc1ccc2ccccc2c1. The fourth-order valence-corrected chi connectivity index (χ4v) is 2.22. The molecule has 0 saturated carbocycles. The van der Waals surface area contributed by atoms with Gasteiger partial charge in [0.1, 0.15) is 0 Å². The first-order chi connectivity index (χ1) is 8.65. The van der Waals surface area contributed by atoms with E-state index in [0.717, 1.165) is 5.92 Å². The van der Waals surface area contributed by atoms with Gasteiger partial charge < -0.3 is 5.32 Å². The second-order valence-electron chi connectivity index (χ2n) is 5.58. The van der Waals surface area contributed by atoms with Crippen LogP contribution in [-0.2, 0) is 0 Å². The molecule has 0 spiro atoms. The van der Waals surface area contributed by atoms with Crippen LogP contribution in [-0.4, -0.2) is 6.04 Å². The number of anilines is 1. The zero-order valence-electron chi connectivity index (χ0n) is 11.6. The molecule has 1 heteroatoms. The molecular weight excluding hydrogens is 218 g/mol. The number of hydrogen-bond acceptors (Lipinski definition) is 1. The summed E-state index contributed by atoms with van der Waals surface area (Å²) in [4.78, 5) is 0. The fourth-order valence-electron chi connectivity index (χ4n) is 2.22. The Kier molecular flexibility index (Phi) is 4.24. The minimum atomic E-state index is 0.536. The molecule has 1 atom stereocenters. The molecule has 0 heterocycles. The van der Waals surface area contributed by atoms with Crippen molar-refractivity contribution in [3.05, 3.63) is 42.5 Å². The number of rotatable bonds is 5. The quantitative estimate of drug-likeness (QED) is 0.770. The summed E-state index contributed by atoms with van der Waals surface area (Å²) in [5.41, 5.74) is 1.23. The average molecular weight is 241 g/mol. The molecule has 18 heavy (non-hydrogen) atoms. The van der Waals surface area contributed by atoms with Crippen LogP contribution in [0.5, 0.6) is 0 Å². The van der Waals surface area contributed by atoms with Gasteiger partial charge in [0.05, 0.1) is 0 Å². The zero-order chi connectivity index (χ0) is 13.0. The Balaban J connectivity index is 2.03. The molecule has 2 aromatic rings. The summed E-state index contributed by atoms with van der Waals surface area (Å²) in [5.74, 6) is 0.783. The summed E-state index contributed by atoms with van der Waals surface area (Å²) in [6.07, 6.45) is 2.51. The third kappa shape index (κ3) is 3.49. The van der Waals surface area contributed by atoms with Gasteiger partial charge in [0.15, 0.2) is 0 Å². The number of hydrogen-bond donors (Lipinski definition) is 1. The van der Waals surface area contributed by atoms with Crippen molar-refractivity contribution in [2.24, 2.45) is 5.92 Å². The Bertz CT molecular complexity index is 502. The van der Waals surface area contributed by atoms with Crippen LogP contribution in [0.15, 0.2) is 42.5 Å². The van der Waals surface area contributed by atoms with Crippen molar-refractivity contribution in [3.63, 3.8) is 0 Å². The summed E-state index contributed by atoms with van der Waals surface area (Å²) in [6.45, 7) is 6.82. The third-order valence-electron chi connectivity index (χ3n) is 3.34. The van der Waals surface area contributed by atoms with Crippen molar-refractivity contribution in [3.8, 4) is 0 Å². The lowest BCUT2D eigenvalue weighted by atomic mass is 10.0. The van der Waals surface area contributed by atoms with Gasteiger partial charge in [0.2, 0.25) is 0 Å². The van der Waals surface area contributed by atoms with E-state index in [1.54, 1.807) is 0 Å². The van der Waals surface area contributed by atoms with Crippen molar-refractivity contribution in [2.45, 2.75) is 39.7 Å². The summed E-state index contributed by atoms with van der Waals surface area (Å²) in [5, 5.41) is 6.20. The number of fused-ring (bicyclic) bond motifs is 1. The maximum atomic E-state index is 3.59. The molecular formula is C17H23N. The van der Waals surface area contributed by atoms with E-state index in [4.69, 9.17) is 0 Å². The summed E-state index contributed by atoms with van der Waals surface area (Å²) >= 11 is 0. The number of nitrogens with one attached hydrogen (secondary N) is 1. The second kappa shape index (κ2) is 5.90. The van der Waals surface area contributed by atoms with Crippen molar-refractivity contribution < 1.29 is 0 Å². The molecule has 0 saturated heterocycles. The first-order valence-electron chi connectivity index (χ1n) is 6.90. The predicted octanol–water partition coefficient (Wildman–Crippen LogP) is 5.08. The van der Waals surface area contributed by atoms with E-state index in [1.165, 1.54) is 29.3 Å². The van der Waals surface area contributed by atoms with Crippen LogP contribution in [0, 0.1) is 5.92 Å². The summed E-state index contributed by atoms with van der Waals surface area (Å²) < 4.78 is 0. The van der Waals surface area contributed by atoms with Crippen LogP contribution in [0.4, 0.5) is 5.69 Å². The maximum absolute atomic E-state index is 3.59. The van der Waals surface area contributed by atoms with E-state index in [1.807, 2.05) is 0 Å². The molecule has 0 bridgehead atoms. The standard InChI is InChI=1S/C17H23N/c1-13(2)8-9-14(3)18-17-11-10-15-6-4-5-7-16(15)12-17/h4-7,10-14,18H,8-9H2,1-3H3. The van der Waals surface area contributed by atoms with E-state index >= 15 is 0 Å². The molecule has 0 aliphatic carbocycles. The first-order valence-corrected chi connectivity index (χ1v) is 6.90. The number of benzene rings is 2. The monoisotopic (exact) mass is 241 g/mol. The van der Waals surface area contributed by atoms with Gasteiger partial charge in [-0.15, -0.1) is 0 Å². The Labute approximate surface area is 110 Å². The molecule has 0 radical (unpaired) electrons. The summed E-state index contributed by atoms with van der Waals surface area (Å²) in [6, 6.07) is 15.6. The van der Waals surface area contributed by atoms with Crippen molar-refractivity contribution in [1.82, 2.24) is 0 Å². The smallest absolute Gasteiger partial charge is 0.0348 e. The van der Waals surface area contributed by atoms with E-state index in [0.29, 0.717) is 6.04 Å². The minimum absolute atomic E-state index is 0.536. The van der Waals surface area contributed by atoms with Crippen LogP contribution in [0.3, 0.4) is 0 Å². The van der Waals surface area contributed by atoms with Gasteiger partial charge >= 0.3 is 0 Å². The highest BCUT2D eigenvalue weighted by atomic mass is 14.9. The van der Waals surface area contributed by atoms with E-state index in [9.17, 15) is 0 Å². The minimum Gasteiger partial charge on any atom is -0.383 e. The van der Waals surface area contributed by atoms with Crippen LogP contribution in [0.1, 0.15) is 33.6 Å². The summed E-state index contributed by atoms with van der Waals surface area (Å²) in [7, 11) is 0. The third-order valence-corrected chi connectivity index (χ3v) is 3.34. The van der Waals surface area contributed by atoms with Crippen LogP contribution in [0.25, 0.3) is 10.8 Å². The molecule has 0 aromatic heterocycles. The largest absolute Gasteiger partial charge is 0.383 e. The van der Waals surface area contributed by atoms with Crippen molar-refractivity contribution in [1.29, 1.82) is 0 Å². The highest BCUT2D eigenvalue weighted by Gasteiger charge is 2.04. The molecule has 2 aromatic carbocycles. The normalized spacial score (nSPS) is 12.9. The van der Waals surface area contributed by atoms with Gasteiger partial charge in [-0.05, 0) is 48.6 Å². The Morgan fingerprint density at radius 3 is 2.33 bits per heavy atom. The Morgan fingerprint density at radius 2 is 1.61 bits per heavy atom. The van der Waals surface area contributed by atoms with Gasteiger partial charge in [-0.25, -0.2) is 0 Å². The van der Waals surface area contributed by atoms with Crippen molar-refractivity contribution >= 4 is 16.5 Å². The first kappa shape index (κ1) is 12.9.